The van der Waals surface area contributed by atoms with Crippen molar-refractivity contribution in [3.63, 3.8) is 0 Å². The molecule has 100 valence electrons. The number of benzene rings is 1. The number of rotatable bonds is 3. The van der Waals surface area contributed by atoms with E-state index in [4.69, 9.17) is 15.5 Å². The molecular weight excluding hydrogens is 306 g/mol. The monoisotopic (exact) mass is 321 g/mol. The van der Waals surface area contributed by atoms with Crippen LogP contribution in [0.3, 0.4) is 0 Å². The lowest BCUT2D eigenvalue weighted by Crippen LogP contribution is -2.53. The Bertz CT molecular complexity index is 599. The summed E-state index contributed by atoms with van der Waals surface area (Å²) in [4.78, 5) is 8.12. The average molecular weight is 322 g/mol. The van der Waals surface area contributed by atoms with Gasteiger partial charge < -0.3 is 15.5 Å². The zero-order valence-corrected chi connectivity index (χ0v) is 12.3. The number of nitrogens with zero attached hydrogens (tertiary/aromatic N) is 1. The number of hydrogen-bond acceptors (Lipinski definition) is 3. The molecular formula is C14H16BrN3O. The molecule has 1 aromatic heterocycles. The van der Waals surface area contributed by atoms with Crippen LogP contribution < -0.4 is 5.73 Å². The molecule has 0 amide bonds. The Morgan fingerprint density at radius 3 is 2.84 bits per heavy atom. The van der Waals surface area contributed by atoms with E-state index >= 15 is 0 Å². The van der Waals surface area contributed by atoms with Crippen LogP contribution in [0.5, 0.6) is 0 Å². The van der Waals surface area contributed by atoms with E-state index in [1.54, 1.807) is 0 Å². The van der Waals surface area contributed by atoms with Crippen molar-refractivity contribution in [2.75, 3.05) is 19.8 Å². The molecule has 0 bridgehead atoms. The predicted molar refractivity (Wildman–Crippen MR) is 78.0 cm³/mol. The number of aromatic nitrogens is 2. The number of ether oxygens (including phenoxy) is 1. The fourth-order valence-corrected chi connectivity index (χ4v) is 2.73. The molecule has 0 unspecified atom stereocenters. The first-order chi connectivity index (χ1) is 9.14. The van der Waals surface area contributed by atoms with Crippen LogP contribution in [0, 0.1) is 6.92 Å². The summed E-state index contributed by atoms with van der Waals surface area (Å²) in [7, 11) is 0. The Kier molecular flexibility index (Phi) is 3.20. The zero-order chi connectivity index (χ0) is 13.5. The second kappa shape index (κ2) is 4.74. The van der Waals surface area contributed by atoms with E-state index in [2.05, 4.69) is 33.0 Å². The van der Waals surface area contributed by atoms with E-state index in [-0.39, 0.29) is 5.41 Å². The number of nitrogens with one attached hydrogen (secondary N) is 1. The molecule has 1 aliphatic heterocycles. The highest BCUT2D eigenvalue weighted by Gasteiger charge is 2.42. The van der Waals surface area contributed by atoms with Crippen LogP contribution >= 0.6 is 15.9 Å². The van der Waals surface area contributed by atoms with Crippen molar-refractivity contribution < 1.29 is 4.74 Å². The lowest BCUT2D eigenvalue weighted by molar-refractivity contribution is -0.0590. The smallest absolute Gasteiger partial charge is 0.119 e. The van der Waals surface area contributed by atoms with Gasteiger partial charge in [-0.15, -0.1) is 0 Å². The molecule has 4 nitrogen and oxygen atoms in total. The van der Waals surface area contributed by atoms with Gasteiger partial charge in [-0.05, 0) is 19.1 Å². The first-order valence-corrected chi connectivity index (χ1v) is 7.05. The van der Waals surface area contributed by atoms with Gasteiger partial charge in [-0.25, -0.2) is 4.98 Å². The van der Waals surface area contributed by atoms with Crippen molar-refractivity contribution in [3.8, 4) is 11.3 Å². The highest BCUT2D eigenvalue weighted by molar-refractivity contribution is 9.10. The van der Waals surface area contributed by atoms with Gasteiger partial charge >= 0.3 is 0 Å². The Labute approximate surface area is 120 Å². The van der Waals surface area contributed by atoms with E-state index in [9.17, 15) is 0 Å². The van der Waals surface area contributed by atoms with Gasteiger partial charge in [0.1, 0.15) is 5.82 Å². The third-order valence-electron chi connectivity index (χ3n) is 3.63. The number of aryl methyl sites for hydroxylation is 1. The molecule has 19 heavy (non-hydrogen) atoms. The minimum absolute atomic E-state index is 0.130. The highest BCUT2D eigenvalue weighted by Crippen LogP contribution is 2.32. The summed E-state index contributed by atoms with van der Waals surface area (Å²) in [5.74, 6) is 0.939. The van der Waals surface area contributed by atoms with E-state index in [0.717, 1.165) is 27.2 Å². The quantitative estimate of drug-likeness (QED) is 0.912. The molecule has 0 atom stereocenters. The molecule has 1 saturated heterocycles. The van der Waals surface area contributed by atoms with Gasteiger partial charge in [-0.2, -0.15) is 0 Å². The fraction of sp³-hybridized carbons (Fsp3) is 0.357. The van der Waals surface area contributed by atoms with Crippen LogP contribution in [0.2, 0.25) is 0 Å². The molecule has 3 rings (SSSR count). The Balaban J connectivity index is 2.02. The van der Waals surface area contributed by atoms with E-state index in [1.165, 1.54) is 0 Å². The van der Waals surface area contributed by atoms with Crippen LogP contribution in [0.1, 0.15) is 11.5 Å². The maximum atomic E-state index is 5.88. The van der Waals surface area contributed by atoms with Gasteiger partial charge in [0.25, 0.3) is 0 Å². The van der Waals surface area contributed by atoms with Crippen LogP contribution in [-0.2, 0) is 10.2 Å². The molecule has 0 aliphatic carbocycles. The molecule has 2 aromatic rings. The number of halogens is 1. The molecule has 1 aliphatic rings. The second-order valence-corrected chi connectivity index (χ2v) is 5.96. The Morgan fingerprint density at radius 1 is 1.47 bits per heavy atom. The topological polar surface area (TPSA) is 63.9 Å². The molecule has 2 heterocycles. The van der Waals surface area contributed by atoms with Gasteiger partial charge in [0, 0.05) is 22.3 Å². The van der Waals surface area contributed by atoms with Gasteiger partial charge in [0.2, 0.25) is 0 Å². The molecule has 0 saturated carbocycles. The van der Waals surface area contributed by atoms with Crippen LogP contribution in [0.25, 0.3) is 11.3 Å². The van der Waals surface area contributed by atoms with Crippen molar-refractivity contribution in [2.45, 2.75) is 12.3 Å². The molecule has 1 aromatic carbocycles. The fourth-order valence-electron chi connectivity index (χ4n) is 2.33. The summed E-state index contributed by atoms with van der Waals surface area (Å²) in [6.45, 7) is 3.89. The Morgan fingerprint density at radius 2 is 2.26 bits per heavy atom. The van der Waals surface area contributed by atoms with Crippen LogP contribution in [0.15, 0.2) is 28.7 Å². The number of imidazole rings is 1. The first kappa shape index (κ1) is 12.8. The number of H-pyrrole nitrogens is 1. The first-order valence-electron chi connectivity index (χ1n) is 6.25. The molecule has 0 radical (unpaired) electrons. The summed E-state index contributed by atoms with van der Waals surface area (Å²) in [6.07, 6.45) is 0. The minimum atomic E-state index is -0.130. The maximum Gasteiger partial charge on any atom is 0.119 e. The van der Waals surface area contributed by atoms with E-state index < -0.39 is 0 Å². The van der Waals surface area contributed by atoms with Gasteiger partial charge in [-0.3, -0.25) is 0 Å². The van der Waals surface area contributed by atoms with E-state index in [0.29, 0.717) is 19.8 Å². The lowest BCUT2D eigenvalue weighted by Gasteiger charge is -2.38. The third kappa shape index (κ3) is 2.12. The van der Waals surface area contributed by atoms with Crippen molar-refractivity contribution in [3.05, 3.63) is 40.3 Å². The van der Waals surface area contributed by atoms with Gasteiger partial charge in [0.05, 0.1) is 24.3 Å². The largest absolute Gasteiger partial charge is 0.379 e. The third-order valence-corrected chi connectivity index (χ3v) is 4.13. The minimum Gasteiger partial charge on any atom is -0.379 e. The van der Waals surface area contributed by atoms with Crippen LogP contribution in [-0.4, -0.2) is 29.7 Å². The summed E-state index contributed by atoms with van der Waals surface area (Å²) in [5.41, 5.74) is 8.89. The molecule has 0 spiro atoms. The molecule has 5 heteroatoms. The SMILES string of the molecule is Cc1[nH]c(C2(CN)COC2)nc1-c1cccc(Br)c1. The zero-order valence-electron chi connectivity index (χ0n) is 10.7. The Hall–Kier alpha value is -1.17. The van der Waals surface area contributed by atoms with Crippen molar-refractivity contribution in [1.82, 2.24) is 9.97 Å². The summed E-state index contributed by atoms with van der Waals surface area (Å²) in [5, 5.41) is 0. The van der Waals surface area contributed by atoms with Crippen molar-refractivity contribution in [1.29, 1.82) is 0 Å². The average Bonchev–Trinajstić information content (AvgIpc) is 2.71. The standard InChI is InChI=1S/C14H16BrN3O/c1-9-12(10-3-2-4-11(15)5-10)18-13(17-9)14(6-16)7-19-8-14/h2-5H,6-8,16H2,1H3,(H,17,18). The van der Waals surface area contributed by atoms with Crippen LogP contribution in [0.4, 0.5) is 0 Å². The number of hydrogen-bond donors (Lipinski definition) is 2. The van der Waals surface area contributed by atoms with Gasteiger partial charge in [-0.1, -0.05) is 28.1 Å². The highest BCUT2D eigenvalue weighted by atomic mass is 79.9. The van der Waals surface area contributed by atoms with E-state index in [1.807, 2.05) is 19.1 Å². The second-order valence-electron chi connectivity index (χ2n) is 5.05. The van der Waals surface area contributed by atoms with Crippen molar-refractivity contribution in [2.24, 2.45) is 5.73 Å². The normalized spacial score (nSPS) is 17.2. The molecule has 3 N–H and O–H groups in total. The number of aromatic amines is 1. The maximum absolute atomic E-state index is 5.88. The van der Waals surface area contributed by atoms with Crippen molar-refractivity contribution >= 4 is 15.9 Å². The number of nitrogens with two attached hydrogens (primary N) is 1. The summed E-state index contributed by atoms with van der Waals surface area (Å²) < 4.78 is 6.36. The lowest BCUT2D eigenvalue weighted by atomic mass is 9.85. The predicted octanol–water partition coefficient (Wildman–Crippen LogP) is 2.37. The van der Waals surface area contributed by atoms with Gasteiger partial charge in [0.15, 0.2) is 0 Å². The summed E-state index contributed by atoms with van der Waals surface area (Å²) >= 11 is 3.49. The summed E-state index contributed by atoms with van der Waals surface area (Å²) in [6, 6.07) is 8.15. The molecule has 1 fully saturated rings.